The van der Waals surface area contributed by atoms with Gasteiger partial charge in [-0.3, -0.25) is 4.79 Å². The van der Waals surface area contributed by atoms with E-state index in [2.05, 4.69) is 11.4 Å². The zero-order chi connectivity index (χ0) is 12.6. The second-order valence-electron chi connectivity index (χ2n) is 5.00. The smallest absolute Gasteiger partial charge is 0.234 e. The second-order valence-corrected chi connectivity index (χ2v) is 6.01. The number of amides is 1. The molecule has 0 aromatic heterocycles. The van der Waals surface area contributed by atoms with Gasteiger partial charge in [0.25, 0.3) is 0 Å². The molecule has 1 aromatic rings. The number of benzene rings is 1. The topological polar surface area (TPSA) is 58.6 Å². The molecule has 0 bridgehead atoms. The van der Waals surface area contributed by atoms with Crippen LogP contribution >= 0.6 is 11.8 Å². The van der Waals surface area contributed by atoms with Gasteiger partial charge in [0.15, 0.2) is 0 Å². The summed E-state index contributed by atoms with van der Waals surface area (Å²) in [5.41, 5.74) is 1.90. The van der Waals surface area contributed by atoms with E-state index < -0.39 is 0 Å². The van der Waals surface area contributed by atoms with Crippen molar-refractivity contribution in [3.8, 4) is 0 Å². The van der Waals surface area contributed by atoms with Crippen molar-refractivity contribution in [2.24, 2.45) is 5.41 Å². The van der Waals surface area contributed by atoms with E-state index >= 15 is 0 Å². The minimum atomic E-state index is -0.125. The van der Waals surface area contributed by atoms with Gasteiger partial charge in [-0.2, -0.15) is 0 Å². The van der Waals surface area contributed by atoms with E-state index in [0.717, 1.165) is 22.6 Å². The first-order chi connectivity index (χ1) is 8.71. The summed E-state index contributed by atoms with van der Waals surface area (Å²) in [5.74, 6) is 0.536. The molecule has 2 N–H and O–H groups in total. The Balaban J connectivity index is 1.81. The first-order valence-corrected chi connectivity index (χ1v) is 6.94. The summed E-state index contributed by atoms with van der Waals surface area (Å²) in [5, 5.41) is 12.3. The molecular formula is C13H15NO3S. The maximum Gasteiger partial charge on any atom is 0.234 e. The van der Waals surface area contributed by atoms with Crippen LogP contribution < -0.4 is 5.32 Å². The van der Waals surface area contributed by atoms with Gasteiger partial charge in [0.05, 0.1) is 31.3 Å². The van der Waals surface area contributed by atoms with Crippen LogP contribution in [0.2, 0.25) is 0 Å². The highest BCUT2D eigenvalue weighted by Gasteiger charge is 2.38. The van der Waals surface area contributed by atoms with Crippen LogP contribution in [0.4, 0.5) is 5.69 Å². The molecule has 2 heterocycles. The van der Waals surface area contributed by atoms with Gasteiger partial charge in [0.1, 0.15) is 0 Å². The standard InChI is InChI=1S/C13H15NO3S/c15-6-13(7-17-8-13)4-9-1-2-11-10(3-9)14-12(16)5-18-11/h1-3,15H,4-8H2,(H,14,16). The summed E-state index contributed by atoms with van der Waals surface area (Å²) >= 11 is 1.56. The number of anilines is 1. The van der Waals surface area contributed by atoms with Gasteiger partial charge in [-0.1, -0.05) is 6.07 Å². The van der Waals surface area contributed by atoms with Gasteiger partial charge in [-0.25, -0.2) is 0 Å². The van der Waals surface area contributed by atoms with Crippen molar-refractivity contribution >= 4 is 23.4 Å². The van der Waals surface area contributed by atoms with Crippen molar-refractivity contribution in [2.45, 2.75) is 11.3 Å². The number of carbonyl (C=O) groups excluding carboxylic acids is 1. The Labute approximate surface area is 110 Å². The van der Waals surface area contributed by atoms with Crippen LogP contribution in [-0.4, -0.2) is 36.6 Å². The van der Waals surface area contributed by atoms with Gasteiger partial charge in [-0.15, -0.1) is 11.8 Å². The molecule has 4 nitrogen and oxygen atoms in total. The van der Waals surface area contributed by atoms with E-state index in [-0.39, 0.29) is 17.9 Å². The predicted octanol–water partition coefficient (Wildman–Crippen LogP) is 1.28. The van der Waals surface area contributed by atoms with Gasteiger partial charge < -0.3 is 15.2 Å². The molecule has 0 radical (unpaired) electrons. The largest absolute Gasteiger partial charge is 0.396 e. The molecule has 2 aliphatic rings. The number of hydrogen-bond acceptors (Lipinski definition) is 4. The fourth-order valence-electron chi connectivity index (χ4n) is 2.31. The summed E-state index contributed by atoms with van der Waals surface area (Å²) in [4.78, 5) is 12.5. The van der Waals surface area contributed by atoms with E-state index in [1.807, 2.05) is 12.1 Å². The summed E-state index contributed by atoms with van der Waals surface area (Å²) in [6.45, 7) is 1.37. The van der Waals surface area contributed by atoms with Crippen LogP contribution in [-0.2, 0) is 16.0 Å². The van der Waals surface area contributed by atoms with Crippen molar-refractivity contribution in [1.29, 1.82) is 0 Å². The number of nitrogens with one attached hydrogen (secondary N) is 1. The average molecular weight is 265 g/mol. The molecule has 1 amide bonds. The minimum absolute atomic E-state index is 0.0495. The summed E-state index contributed by atoms with van der Waals surface area (Å²) in [6.07, 6.45) is 0.789. The van der Waals surface area contributed by atoms with Crippen molar-refractivity contribution in [2.75, 3.05) is 30.9 Å². The van der Waals surface area contributed by atoms with Gasteiger partial charge in [0, 0.05) is 10.3 Å². The summed E-state index contributed by atoms with van der Waals surface area (Å²) in [7, 11) is 0. The van der Waals surface area contributed by atoms with Crippen LogP contribution in [0.1, 0.15) is 5.56 Å². The molecular weight excluding hydrogens is 250 g/mol. The minimum Gasteiger partial charge on any atom is -0.396 e. The number of fused-ring (bicyclic) bond motifs is 1. The lowest BCUT2D eigenvalue weighted by Gasteiger charge is -2.40. The van der Waals surface area contributed by atoms with E-state index in [9.17, 15) is 9.90 Å². The lowest BCUT2D eigenvalue weighted by molar-refractivity contribution is -0.136. The lowest BCUT2D eigenvalue weighted by Crippen LogP contribution is -2.47. The van der Waals surface area contributed by atoms with E-state index in [0.29, 0.717) is 19.0 Å². The van der Waals surface area contributed by atoms with Crippen molar-refractivity contribution < 1.29 is 14.6 Å². The van der Waals surface area contributed by atoms with E-state index in [1.54, 1.807) is 11.8 Å². The number of aliphatic hydroxyl groups excluding tert-OH is 1. The SMILES string of the molecule is O=C1CSc2ccc(CC3(CO)COC3)cc2N1. The summed E-state index contributed by atoms with van der Waals surface area (Å²) < 4.78 is 5.20. The van der Waals surface area contributed by atoms with Crippen LogP contribution in [0.25, 0.3) is 0 Å². The molecule has 1 fully saturated rings. The Hall–Kier alpha value is -1.04. The van der Waals surface area contributed by atoms with Crippen molar-refractivity contribution in [3.63, 3.8) is 0 Å². The van der Waals surface area contributed by atoms with Gasteiger partial charge in [-0.05, 0) is 24.1 Å². The maximum absolute atomic E-state index is 11.4. The Bertz CT molecular complexity index is 480. The van der Waals surface area contributed by atoms with Crippen LogP contribution in [0.5, 0.6) is 0 Å². The number of rotatable bonds is 3. The van der Waals surface area contributed by atoms with Crippen molar-refractivity contribution in [1.82, 2.24) is 0 Å². The number of aliphatic hydroxyl groups is 1. The van der Waals surface area contributed by atoms with E-state index in [1.165, 1.54) is 0 Å². The molecule has 0 atom stereocenters. The van der Waals surface area contributed by atoms with Crippen LogP contribution in [0.15, 0.2) is 23.1 Å². The molecule has 0 saturated carbocycles. The zero-order valence-electron chi connectivity index (χ0n) is 9.94. The lowest BCUT2D eigenvalue weighted by atomic mass is 9.80. The molecule has 5 heteroatoms. The van der Waals surface area contributed by atoms with Crippen LogP contribution in [0.3, 0.4) is 0 Å². The summed E-state index contributed by atoms with van der Waals surface area (Å²) in [6, 6.07) is 6.12. The molecule has 1 aromatic carbocycles. The third kappa shape index (κ3) is 2.13. The van der Waals surface area contributed by atoms with Crippen molar-refractivity contribution in [3.05, 3.63) is 23.8 Å². The highest BCUT2D eigenvalue weighted by Crippen LogP contribution is 2.35. The molecule has 2 aliphatic heterocycles. The Morgan fingerprint density at radius 1 is 1.44 bits per heavy atom. The monoisotopic (exact) mass is 265 g/mol. The highest BCUT2D eigenvalue weighted by molar-refractivity contribution is 8.00. The Kier molecular flexibility index (Phi) is 3.05. The molecule has 18 heavy (non-hydrogen) atoms. The zero-order valence-corrected chi connectivity index (χ0v) is 10.8. The van der Waals surface area contributed by atoms with Gasteiger partial charge >= 0.3 is 0 Å². The molecule has 0 aliphatic carbocycles. The molecule has 0 spiro atoms. The molecule has 96 valence electrons. The Morgan fingerprint density at radius 2 is 2.28 bits per heavy atom. The average Bonchev–Trinajstić information content (AvgIpc) is 2.33. The fourth-order valence-corrected chi connectivity index (χ4v) is 3.10. The molecule has 3 rings (SSSR count). The maximum atomic E-state index is 11.4. The third-order valence-electron chi connectivity index (χ3n) is 3.41. The number of hydrogen-bond donors (Lipinski definition) is 2. The normalized spacial score (nSPS) is 20.8. The molecule has 1 saturated heterocycles. The molecule has 0 unspecified atom stereocenters. The Morgan fingerprint density at radius 3 is 2.94 bits per heavy atom. The van der Waals surface area contributed by atoms with Crippen LogP contribution in [0, 0.1) is 5.41 Å². The second kappa shape index (κ2) is 4.57. The number of thioether (sulfide) groups is 1. The fraction of sp³-hybridized carbons (Fsp3) is 0.462. The first-order valence-electron chi connectivity index (χ1n) is 5.95. The van der Waals surface area contributed by atoms with Gasteiger partial charge in [0.2, 0.25) is 5.91 Å². The number of ether oxygens (including phenoxy) is 1. The van der Waals surface area contributed by atoms with E-state index in [4.69, 9.17) is 4.74 Å². The first kappa shape index (κ1) is 12.0. The third-order valence-corrected chi connectivity index (χ3v) is 4.48. The predicted molar refractivity (Wildman–Crippen MR) is 69.8 cm³/mol. The highest BCUT2D eigenvalue weighted by atomic mass is 32.2. The number of carbonyl (C=O) groups is 1. The quantitative estimate of drug-likeness (QED) is 0.864.